The molecule has 1 amide bonds. The molecule has 0 aliphatic rings. The van der Waals surface area contributed by atoms with Gasteiger partial charge in [0.1, 0.15) is 11.5 Å². The minimum absolute atomic E-state index is 0.0317. The standard InChI is InChI=1S/C14H20FN3O4/c1-14(2,8-19)4-3-5-17-13(20)10-6-9(15)7-11(12(10)16)18(21)22/h6-7,19H,3-5,8,16H2,1-2H3,(H,17,20). The molecule has 0 spiro atoms. The molecule has 0 radical (unpaired) electrons. The van der Waals surface area contributed by atoms with Crippen LogP contribution in [0.1, 0.15) is 37.0 Å². The molecule has 0 unspecified atom stereocenters. The van der Waals surface area contributed by atoms with E-state index in [0.717, 1.165) is 6.07 Å². The summed E-state index contributed by atoms with van der Waals surface area (Å²) in [4.78, 5) is 21.9. The second-order valence-electron chi connectivity index (χ2n) is 5.83. The third-order valence-electron chi connectivity index (χ3n) is 3.31. The van der Waals surface area contributed by atoms with Crippen LogP contribution in [0.5, 0.6) is 0 Å². The Morgan fingerprint density at radius 3 is 2.68 bits per heavy atom. The highest BCUT2D eigenvalue weighted by Gasteiger charge is 2.22. The van der Waals surface area contributed by atoms with Crippen molar-refractivity contribution in [2.24, 2.45) is 5.41 Å². The van der Waals surface area contributed by atoms with Crippen LogP contribution >= 0.6 is 0 Å². The molecule has 0 atom stereocenters. The summed E-state index contributed by atoms with van der Waals surface area (Å²) in [6, 6.07) is 1.55. The van der Waals surface area contributed by atoms with Gasteiger partial charge in [0, 0.05) is 13.2 Å². The number of rotatable bonds is 7. The SMILES string of the molecule is CC(C)(CO)CCCNC(=O)c1cc(F)cc([N+](=O)[O-])c1N. The summed E-state index contributed by atoms with van der Waals surface area (Å²) in [6.45, 7) is 4.11. The lowest BCUT2D eigenvalue weighted by molar-refractivity contribution is -0.384. The van der Waals surface area contributed by atoms with Crippen molar-refractivity contribution in [3.63, 3.8) is 0 Å². The van der Waals surface area contributed by atoms with Gasteiger partial charge >= 0.3 is 0 Å². The van der Waals surface area contributed by atoms with Crippen LogP contribution in [0, 0.1) is 21.3 Å². The number of hydrogen-bond acceptors (Lipinski definition) is 5. The van der Waals surface area contributed by atoms with Crippen LogP contribution in [0.15, 0.2) is 12.1 Å². The van der Waals surface area contributed by atoms with Gasteiger partial charge in [0.25, 0.3) is 11.6 Å². The summed E-state index contributed by atoms with van der Waals surface area (Å²) in [5.41, 5.74) is 4.05. The molecule has 0 aliphatic carbocycles. The minimum Gasteiger partial charge on any atom is -0.396 e. The zero-order valence-electron chi connectivity index (χ0n) is 12.6. The summed E-state index contributed by atoms with van der Waals surface area (Å²) >= 11 is 0. The number of nitrogen functional groups attached to an aromatic ring is 1. The van der Waals surface area contributed by atoms with Crippen molar-refractivity contribution in [1.29, 1.82) is 0 Å². The van der Waals surface area contributed by atoms with Gasteiger partial charge in [-0.1, -0.05) is 13.8 Å². The number of nitrogens with two attached hydrogens (primary N) is 1. The number of anilines is 1. The maximum Gasteiger partial charge on any atom is 0.295 e. The summed E-state index contributed by atoms with van der Waals surface area (Å²) in [7, 11) is 0. The number of hydrogen-bond donors (Lipinski definition) is 3. The molecule has 8 heteroatoms. The fourth-order valence-electron chi connectivity index (χ4n) is 1.89. The first-order valence-corrected chi connectivity index (χ1v) is 6.80. The van der Waals surface area contributed by atoms with Crippen LogP contribution in [-0.2, 0) is 0 Å². The molecule has 122 valence electrons. The molecule has 0 aromatic heterocycles. The zero-order chi connectivity index (χ0) is 16.9. The van der Waals surface area contributed by atoms with E-state index in [1.54, 1.807) is 0 Å². The van der Waals surface area contributed by atoms with Crippen molar-refractivity contribution >= 4 is 17.3 Å². The zero-order valence-corrected chi connectivity index (χ0v) is 12.6. The topological polar surface area (TPSA) is 118 Å². The average molecular weight is 313 g/mol. The highest BCUT2D eigenvalue weighted by atomic mass is 19.1. The fourth-order valence-corrected chi connectivity index (χ4v) is 1.89. The first-order chi connectivity index (χ1) is 10.2. The highest BCUT2D eigenvalue weighted by Crippen LogP contribution is 2.26. The van der Waals surface area contributed by atoms with Gasteiger partial charge in [-0.25, -0.2) is 4.39 Å². The number of benzene rings is 1. The molecule has 0 bridgehead atoms. The molecule has 0 fully saturated rings. The first kappa shape index (κ1) is 17.8. The summed E-state index contributed by atoms with van der Waals surface area (Å²) in [6.07, 6.45) is 1.29. The molecule has 0 saturated carbocycles. The van der Waals surface area contributed by atoms with Gasteiger partial charge in [-0.2, -0.15) is 0 Å². The van der Waals surface area contributed by atoms with E-state index in [0.29, 0.717) is 25.5 Å². The van der Waals surface area contributed by atoms with Crippen LogP contribution in [0.3, 0.4) is 0 Å². The number of carbonyl (C=O) groups excluding carboxylic acids is 1. The Morgan fingerprint density at radius 1 is 1.50 bits per heavy atom. The van der Waals surface area contributed by atoms with E-state index in [1.807, 2.05) is 13.8 Å². The number of nitrogens with one attached hydrogen (secondary N) is 1. The number of nitro benzene ring substituents is 1. The Morgan fingerprint density at radius 2 is 2.14 bits per heavy atom. The van der Waals surface area contributed by atoms with Crippen LogP contribution in [-0.4, -0.2) is 29.1 Å². The molecule has 0 aliphatic heterocycles. The number of carbonyl (C=O) groups is 1. The van der Waals surface area contributed by atoms with Gasteiger partial charge in [-0.15, -0.1) is 0 Å². The van der Waals surface area contributed by atoms with E-state index in [1.165, 1.54) is 0 Å². The van der Waals surface area contributed by atoms with Crippen LogP contribution in [0.4, 0.5) is 15.8 Å². The monoisotopic (exact) mass is 313 g/mol. The molecule has 1 aromatic rings. The maximum atomic E-state index is 13.4. The molecule has 1 rings (SSSR count). The first-order valence-electron chi connectivity index (χ1n) is 6.80. The Kier molecular flexibility index (Phi) is 5.81. The number of amides is 1. The second-order valence-corrected chi connectivity index (χ2v) is 5.83. The molecular formula is C14H20FN3O4. The predicted octanol–water partition coefficient (Wildman–Crippen LogP) is 1.84. The van der Waals surface area contributed by atoms with Gasteiger partial charge in [0.05, 0.1) is 16.6 Å². The summed E-state index contributed by atoms with van der Waals surface area (Å²) in [5, 5.41) is 22.4. The summed E-state index contributed by atoms with van der Waals surface area (Å²) < 4.78 is 13.4. The van der Waals surface area contributed by atoms with E-state index in [-0.39, 0.29) is 23.3 Å². The van der Waals surface area contributed by atoms with Crippen LogP contribution in [0.2, 0.25) is 0 Å². The second kappa shape index (κ2) is 7.17. The van der Waals surface area contributed by atoms with E-state index in [2.05, 4.69) is 5.32 Å². The lowest BCUT2D eigenvalue weighted by Gasteiger charge is -2.21. The molecule has 0 heterocycles. The molecule has 4 N–H and O–H groups in total. The minimum atomic E-state index is -0.896. The van der Waals surface area contributed by atoms with Crippen molar-refractivity contribution in [3.05, 3.63) is 33.6 Å². The smallest absolute Gasteiger partial charge is 0.295 e. The van der Waals surface area contributed by atoms with Crippen molar-refractivity contribution in [2.45, 2.75) is 26.7 Å². The number of halogens is 1. The Hall–Kier alpha value is -2.22. The lowest BCUT2D eigenvalue weighted by atomic mass is 9.89. The van der Waals surface area contributed by atoms with Crippen molar-refractivity contribution in [3.8, 4) is 0 Å². The van der Waals surface area contributed by atoms with Gasteiger partial charge in [-0.05, 0) is 24.3 Å². The average Bonchev–Trinajstić information content (AvgIpc) is 2.45. The largest absolute Gasteiger partial charge is 0.396 e. The van der Waals surface area contributed by atoms with Gasteiger partial charge in [0.2, 0.25) is 0 Å². The Balaban J connectivity index is 2.72. The van der Waals surface area contributed by atoms with Crippen molar-refractivity contribution in [2.75, 3.05) is 18.9 Å². The Labute approximate surface area is 127 Å². The van der Waals surface area contributed by atoms with Gasteiger partial charge in [0.15, 0.2) is 0 Å². The molecule has 22 heavy (non-hydrogen) atoms. The quantitative estimate of drug-likeness (QED) is 0.307. The number of aliphatic hydroxyl groups excluding tert-OH is 1. The van der Waals surface area contributed by atoms with Gasteiger partial charge in [-0.3, -0.25) is 14.9 Å². The number of nitro groups is 1. The maximum absolute atomic E-state index is 13.4. The van der Waals surface area contributed by atoms with Crippen LogP contribution < -0.4 is 11.1 Å². The third-order valence-corrected chi connectivity index (χ3v) is 3.31. The molecule has 7 nitrogen and oxygen atoms in total. The normalized spacial score (nSPS) is 11.3. The number of nitrogens with zero attached hydrogens (tertiary/aromatic N) is 1. The molecule has 0 saturated heterocycles. The predicted molar refractivity (Wildman–Crippen MR) is 79.9 cm³/mol. The van der Waals surface area contributed by atoms with Crippen molar-refractivity contribution < 1.29 is 19.2 Å². The van der Waals surface area contributed by atoms with E-state index < -0.39 is 22.3 Å². The van der Waals surface area contributed by atoms with Crippen LogP contribution in [0.25, 0.3) is 0 Å². The fraction of sp³-hybridized carbons (Fsp3) is 0.500. The summed E-state index contributed by atoms with van der Waals surface area (Å²) in [5.74, 6) is -1.56. The van der Waals surface area contributed by atoms with E-state index in [9.17, 15) is 19.3 Å². The van der Waals surface area contributed by atoms with Gasteiger partial charge < -0.3 is 16.2 Å². The van der Waals surface area contributed by atoms with Crippen molar-refractivity contribution in [1.82, 2.24) is 5.32 Å². The van der Waals surface area contributed by atoms with E-state index in [4.69, 9.17) is 10.8 Å². The number of aliphatic hydroxyl groups is 1. The van der Waals surface area contributed by atoms with E-state index >= 15 is 0 Å². The molecule has 1 aromatic carbocycles. The molecular weight excluding hydrogens is 293 g/mol. The highest BCUT2D eigenvalue weighted by molar-refractivity contribution is 6.01. The lowest BCUT2D eigenvalue weighted by Crippen LogP contribution is -2.27. The third kappa shape index (κ3) is 4.66. The Bertz CT molecular complexity index is 575.